The first kappa shape index (κ1) is 11.1. The molecule has 78 valence electrons. The van der Waals surface area contributed by atoms with Crippen LogP contribution in [0, 0.1) is 0 Å². The Kier molecular flexibility index (Phi) is 4.01. The van der Waals surface area contributed by atoms with Crippen LogP contribution >= 0.6 is 11.6 Å². The summed E-state index contributed by atoms with van der Waals surface area (Å²) >= 11 is 5.55. The second-order valence-corrected chi connectivity index (χ2v) is 3.45. The van der Waals surface area contributed by atoms with Crippen molar-refractivity contribution in [2.45, 2.75) is 32.2 Å². The van der Waals surface area contributed by atoms with E-state index in [1.807, 2.05) is 13.8 Å². The average Bonchev–Trinajstić information content (AvgIpc) is 2.65. The minimum Gasteiger partial charge on any atom is -0.455 e. The van der Waals surface area contributed by atoms with Crippen molar-refractivity contribution in [1.29, 1.82) is 0 Å². The third-order valence-corrected chi connectivity index (χ3v) is 2.27. The average molecular weight is 216 g/mol. The molecule has 3 nitrogen and oxygen atoms in total. The van der Waals surface area contributed by atoms with Crippen LogP contribution in [0.25, 0.3) is 0 Å². The van der Waals surface area contributed by atoms with E-state index in [0.29, 0.717) is 11.5 Å². The summed E-state index contributed by atoms with van der Waals surface area (Å²) in [4.78, 5) is 11.5. The van der Waals surface area contributed by atoms with Gasteiger partial charge in [0.1, 0.15) is 5.76 Å². The summed E-state index contributed by atoms with van der Waals surface area (Å²) in [6.45, 7) is 3.96. The topological polar surface area (TPSA) is 42.2 Å². The molecule has 1 aromatic rings. The van der Waals surface area contributed by atoms with Crippen molar-refractivity contribution >= 4 is 17.5 Å². The van der Waals surface area contributed by atoms with Crippen LogP contribution in [0.1, 0.15) is 36.6 Å². The van der Waals surface area contributed by atoms with Crippen molar-refractivity contribution < 1.29 is 9.21 Å². The number of nitrogens with one attached hydrogen (secondary N) is 1. The molecule has 14 heavy (non-hydrogen) atoms. The highest BCUT2D eigenvalue weighted by Gasteiger charge is 2.12. The molecule has 1 amide bonds. The van der Waals surface area contributed by atoms with Crippen molar-refractivity contribution in [1.82, 2.24) is 5.32 Å². The number of hydrogen-bond acceptors (Lipinski definition) is 2. The van der Waals surface area contributed by atoms with Gasteiger partial charge in [-0.2, -0.15) is 0 Å². The first-order valence-corrected chi connectivity index (χ1v) is 5.16. The molecule has 0 spiro atoms. The van der Waals surface area contributed by atoms with Gasteiger partial charge in [-0.1, -0.05) is 6.92 Å². The van der Waals surface area contributed by atoms with E-state index >= 15 is 0 Å². The standard InChI is InChI=1S/C10H14ClNO2/c1-3-7(2)12-10(13)9-5-4-8(6-11)14-9/h4-5,7H,3,6H2,1-2H3,(H,12,13). The maximum atomic E-state index is 11.5. The molecule has 1 aromatic heterocycles. The van der Waals surface area contributed by atoms with Crippen LogP contribution < -0.4 is 5.32 Å². The van der Waals surface area contributed by atoms with Gasteiger partial charge in [0.2, 0.25) is 0 Å². The molecule has 1 atom stereocenters. The molecule has 0 fully saturated rings. The number of carbonyl (C=O) groups excluding carboxylic acids is 1. The summed E-state index contributed by atoms with van der Waals surface area (Å²) in [6, 6.07) is 3.50. The van der Waals surface area contributed by atoms with Crippen LogP contribution in [0.5, 0.6) is 0 Å². The zero-order valence-electron chi connectivity index (χ0n) is 8.34. The number of furan rings is 1. The Bertz CT molecular complexity index is 309. The van der Waals surface area contributed by atoms with Crippen molar-refractivity contribution in [3.05, 3.63) is 23.7 Å². The van der Waals surface area contributed by atoms with Crippen molar-refractivity contribution in [2.24, 2.45) is 0 Å². The lowest BCUT2D eigenvalue weighted by Gasteiger charge is -2.09. The van der Waals surface area contributed by atoms with Gasteiger partial charge in [0, 0.05) is 6.04 Å². The molecule has 1 heterocycles. The molecule has 0 aliphatic rings. The van der Waals surface area contributed by atoms with Gasteiger partial charge in [-0.3, -0.25) is 4.79 Å². The third kappa shape index (κ3) is 2.77. The molecule has 0 aliphatic heterocycles. The zero-order valence-corrected chi connectivity index (χ0v) is 9.10. The van der Waals surface area contributed by atoms with Gasteiger partial charge in [0.05, 0.1) is 5.88 Å². The van der Waals surface area contributed by atoms with E-state index in [1.165, 1.54) is 0 Å². The number of halogens is 1. The lowest BCUT2D eigenvalue weighted by Crippen LogP contribution is -2.31. The van der Waals surface area contributed by atoms with Gasteiger partial charge in [-0.05, 0) is 25.5 Å². The van der Waals surface area contributed by atoms with Crippen molar-refractivity contribution in [2.75, 3.05) is 0 Å². The van der Waals surface area contributed by atoms with Crippen LogP contribution in [0.15, 0.2) is 16.5 Å². The smallest absolute Gasteiger partial charge is 0.287 e. The van der Waals surface area contributed by atoms with E-state index in [0.717, 1.165) is 6.42 Å². The van der Waals surface area contributed by atoms with Crippen molar-refractivity contribution in [3.63, 3.8) is 0 Å². The van der Waals surface area contributed by atoms with Crippen LogP contribution in [0.4, 0.5) is 0 Å². The van der Waals surface area contributed by atoms with E-state index in [-0.39, 0.29) is 17.8 Å². The molecular weight excluding hydrogens is 202 g/mol. The number of carbonyl (C=O) groups is 1. The Morgan fingerprint density at radius 2 is 2.36 bits per heavy atom. The molecule has 1 N–H and O–H groups in total. The maximum absolute atomic E-state index is 11.5. The van der Waals surface area contributed by atoms with Gasteiger partial charge < -0.3 is 9.73 Å². The number of hydrogen-bond donors (Lipinski definition) is 1. The highest BCUT2D eigenvalue weighted by molar-refractivity contribution is 6.16. The molecule has 1 rings (SSSR count). The quantitative estimate of drug-likeness (QED) is 0.785. The van der Waals surface area contributed by atoms with E-state index in [2.05, 4.69) is 5.32 Å². The fourth-order valence-electron chi connectivity index (χ4n) is 0.969. The Hall–Kier alpha value is -0.960. The SMILES string of the molecule is CCC(C)NC(=O)c1ccc(CCl)o1. The predicted octanol–water partition coefficient (Wildman–Crippen LogP) is 2.55. The molecule has 1 unspecified atom stereocenters. The van der Waals surface area contributed by atoms with E-state index < -0.39 is 0 Å². The summed E-state index contributed by atoms with van der Waals surface area (Å²) in [5.74, 6) is 1.04. The first-order chi connectivity index (χ1) is 6.67. The molecule has 0 bridgehead atoms. The number of amides is 1. The van der Waals surface area contributed by atoms with Gasteiger partial charge >= 0.3 is 0 Å². The lowest BCUT2D eigenvalue weighted by molar-refractivity contribution is 0.0910. The highest BCUT2D eigenvalue weighted by atomic mass is 35.5. The van der Waals surface area contributed by atoms with Crippen LogP contribution in [-0.2, 0) is 5.88 Å². The maximum Gasteiger partial charge on any atom is 0.287 e. The zero-order chi connectivity index (χ0) is 10.6. The van der Waals surface area contributed by atoms with Gasteiger partial charge in [-0.15, -0.1) is 11.6 Å². The van der Waals surface area contributed by atoms with Gasteiger partial charge in [0.15, 0.2) is 5.76 Å². The third-order valence-electron chi connectivity index (χ3n) is 2.01. The van der Waals surface area contributed by atoms with E-state index in [4.69, 9.17) is 16.0 Å². The van der Waals surface area contributed by atoms with Crippen LogP contribution in [0.3, 0.4) is 0 Å². The van der Waals surface area contributed by atoms with E-state index in [1.54, 1.807) is 12.1 Å². The lowest BCUT2D eigenvalue weighted by atomic mass is 10.2. The molecule has 0 saturated carbocycles. The minimum atomic E-state index is -0.185. The number of alkyl halides is 1. The summed E-state index contributed by atoms with van der Waals surface area (Å²) < 4.78 is 5.20. The van der Waals surface area contributed by atoms with Gasteiger partial charge in [0.25, 0.3) is 5.91 Å². The Labute approximate surface area is 88.4 Å². The minimum absolute atomic E-state index is 0.159. The Balaban J connectivity index is 2.60. The van der Waals surface area contributed by atoms with Gasteiger partial charge in [-0.25, -0.2) is 0 Å². The molecule has 0 aromatic carbocycles. The second kappa shape index (κ2) is 5.05. The second-order valence-electron chi connectivity index (χ2n) is 3.18. The molecular formula is C10H14ClNO2. The molecule has 0 radical (unpaired) electrons. The Morgan fingerprint density at radius 3 is 2.86 bits per heavy atom. The monoisotopic (exact) mass is 215 g/mol. The summed E-state index contributed by atoms with van der Waals surface area (Å²) in [5, 5.41) is 2.81. The summed E-state index contributed by atoms with van der Waals surface area (Å²) in [6.07, 6.45) is 0.898. The van der Waals surface area contributed by atoms with Crippen LogP contribution in [-0.4, -0.2) is 11.9 Å². The predicted molar refractivity (Wildman–Crippen MR) is 55.5 cm³/mol. The largest absolute Gasteiger partial charge is 0.455 e. The fraction of sp³-hybridized carbons (Fsp3) is 0.500. The summed E-state index contributed by atoms with van der Waals surface area (Å²) in [7, 11) is 0. The highest BCUT2D eigenvalue weighted by Crippen LogP contribution is 2.10. The van der Waals surface area contributed by atoms with E-state index in [9.17, 15) is 4.79 Å². The first-order valence-electron chi connectivity index (χ1n) is 4.63. The summed E-state index contributed by atoms with van der Waals surface area (Å²) in [5.41, 5.74) is 0. The van der Waals surface area contributed by atoms with Crippen LogP contribution in [0.2, 0.25) is 0 Å². The fourth-order valence-corrected chi connectivity index (χ4v) is 1.11. The Morgan fingerprint density at radius 1 is 1.64 bits per heavy atom. The number of rotatable bonds is 4. The normalized spacial score (nSPS) is 12.5. The molecule has 0 saturated heterocycles. The molecule has 4 heteroatoms. The van der Waals surface area contributed by atoms with Crippen molar-refractivity contribution in [3.8, 4) is 0 Å². The molecule has 0 aliphatic carbocycles.